The summed E-state index contributed by atoms with van der Waals surface area (Å²) in [6.45, 7) is 10.3. The van der Waals surface area contributed by atoms with Crippen LogP contribution in [0.25, 0.3) is 0 Å². The topological polar surface area (TPSA) is 52.7 Å². The molecule has 5 nitrogen and oxygen atoms in total. The number of piperazine rings is 1. The predicted molar refractivity (Wildman–Crippen MR) is 78.4 cm³/mol. The van der Waals surface area contributed by atoms with Gasteiger partial charge in [0.25, 0.3) is 0 Å². The average Bonchev–Trinajstić information content (AvgIpc) is 2.39. The van der Waals surface area contributed by atoms with Gasteiger partial charge in [-0.05, 0) is 26.0 Å². The third-order valence-corrected chi connectivity index (χ3v) is 3.11. The van der Waals surface area contributed by atoms with E-state index < -0.39 is 0 Å². The molecule has 0 saturated carbocycles. The van der Waals surface area contributed by atoms with E-state index in [1.807, 2.05) is 11.8 Å². The van der Waals surface area contributed by atoms with Crippen LogP contribution in [0.4, 0.5) is 0 Å². The molecule has 1 aliphatic heterocycles. The minimum absolute atomic E-state index is 0. The molecule has 1 aliphatic rings. The summed E-state index contributed by atoms with van der Waals surface area (Å²) in [5, 5.41) is 2.79. The van der Waals surface area contributed by atoms with E-state index in [0.29, 0.717) is 13.0 Å². The average molecular weight is 290 g/mol. The van der Waals surface area contributed by atoms with Crippen LogP contribution >= 0.6 is 12.4 Å². The predicted octanol–water partition coefficient (Wildman–Crippen LogP) is 0.655. The van der Waals surface area contributed by atoms with Gasteiger partial charge < -0.3 is 10.2 Å². The lowest BCUT2D eigenvalue weighted by Crippen LogP contribution is -2.48. The first-order chi connectivity index (χ1) is 8.67. The van der Waals surface area contributed by atoms with E-state index in [9.17, 15) is 9.59 Å². The fourth-order valence-corrected chi connectivity index (χ4v) is 2.07. The quantitative estimate of drug-likeness (QED) is 0.731. The second-order valence-corrected chi connectivity index (χ2v) is 4.43. The normalized spacial score (nSPS) is 15.5. The lowest BCUT2D eigenvalue weighted by molar-refractivity contribution is -0.127. The van der Waals surface area contributed by atoms with E-state index in [1.54, 1.807) is 0 Å². The number of hydrogen-bond acceptors (Lipinski definition) is 3. The van der Waals surface area contributed by atoms with Gasteiger partial charge in [0.1, 0.15) is 0 Å². The minimum Gasteiger partial charge on any atom is -0.356 e. The Hall–Kier alpha value is -1.07. The first-order valence-electron chi connectivity index (χ1n) is 6.57. The summed E-state index contributed by atoms with van der Waals surface area (Å²) in [7, 11) is 0. The number of nitrogens with zero attached hydrogens (tertiary/aromatic N) is 2. The molecule has 0 radical (unpaired) electrons. The summed E-state index contributed by atoms with van der Waals surface area (Å²) in [6.07, 6.45) is 2.83. The van der Waals surface area contributed by atoms with Gasteiger partial charge >= 0.3 is 0 Å². The van der Waals surface area contributed by atoms with Crippen LogP contribution in [0.5, 0.6) is 0 Å². The van der Waals surface area contributed by atoms with Crippen molar-refractivity contribution in [1.82, 2.24) is 15.1 Å². The molecule has 19 heavy (non-hydrogen) atoms. The highest BCUT2D eigenvalue weighted by molar-refractivity contribution is 5.87. The van der Waals surface area contributed by atoms with Gasteiger partial charge in [-0.25, -0.2) is 0 Å². The van der Waals surface area contributed by atoms with E-state index in [1.165, 1.54) is 6.08 Å². The largest absolute Gasteiger partial charge is 0.356 e. The molecule has 1 N–H and O–H groups in total. The van der Waals surface area contributed by atoms with Crippen LogP contribution in [-0.2, 0) is 9.59 Å². The van der Waals surface area contributed by atoms with E-state index in [2.05, 4.69) is 16.8 Å². The van der Waals surface area contributed by atoms with Crippen LogP contribution in [0, 0.1) is 0 Å². The van der Waals surface area contributed by atoms with Crippen molar-refractivity contribution in [3.63, 3.8) is 0 Å². The Kier molecular flexibility index (Phi) is 9.26. The van der Waals surface area contributed by atoms with Crippen molar-refractivity contribution in [3.8, 4) is 0 Å². The van der Waals surface area contributed by atoms with Crippen LogP contribution < -0.4 is 5.32 Å². The molecule has 2 amide bonds. The van der Waals surface area contributed by atoms with Crippen molar-refractivity contribution in [1.29, 1.82) is 0 Å². The zero-order valence-electron chi connectivity index (χ0n) is 11.6. The molecule has 0 aromatic carbocycles. The van der Waals surface area contributed by atoms with E-state index in [4.69, 9.17) is 0 Å². The summed E-state index contributed by atoms with van der Waals surface area (Å²) in [6, 6.07) is 0. The van der Waals surface area contributed by atoms with Crippen LogP contribution in [0.15, 0.2) is 12.7 Å². The molecule has 1 heterocycles. The molecule has 1 saturated heterocycles. The second-order valence-electron chi connectivity index (χ2n) is 4.43. The van der Waals surface area contributed by atoms with Gasteiger partial charge in [-0.3, -0.25) is 14.5 Å². The van der Waals surface area contributed by atoms with Gasteiger partial charge in [0.2, 0.25) is 11.8 Å². The second kappa shape index (κ2) is 9.81. The first kappa shape index (κ1) is 17.9. The zero-order valence-corrected chi connectivity index (χ0v) is 12.4. The number of nitrogens with one attached hydrogen (secondary N) is 1. The van der Waals surface area contributed by atoms with Gasteiger partial charge in [-0.2, -0.15) is 0 Å². The Balaban J connectivity index is 0.00000324. The van der Waals surface area contributed by atoms with Crippen molar-refractivity contribution >= 4 is 24.2 Å². The SMILES string of the molecule is C=CC(=O)N1CCN(CCCC(=O)NCC)CC1.Cl. The summed E-state index contributed by atoms with van der Waals surface area (Å²) >= 11 is 0. The maximum absolute atomic E-state index is 11.4. The number of rotatable bonds is 6. The molecule has 0 unspecified atom stereocenters. The molecule has 0 atom stereocenters. The van der Waals surface area contributed by atoms with Crippen LogP contribution in [-0.4, -0.2) is 60.9 Å². The Morgan fingerprint density at radius 2 is 1.89 bits per heavy atom. The summed E-state index contributed by atoms with van der Waals surface area (Å²) in [5.74, 6) is 0.134. The molecule has 0 spiro atoms. The van der Waals surface area contributed by atoms with Gasteiger partial charge in [-0.1, -0.05) is 6.58 Å². The third kappa shape index (κ3) is 6.59. The van der Waals surface area contributed by atoms with Crippen molar-refractivity contribution in [2.75, 3.05) is 39.3 Å². The Bertz CT molecular complexity index is 302. The summed E-state index contributed by atoms with van der Waals surface area (Å²) in [4.78, 5) is 26.8. The van der Waals surface area contributed by atoms with Crippen LogP contribution in [0.2, 0.25) is 0 Å². The molecule has 110 valence electrons. The Labute approximate surface area is 121 Å². The molecular weight excluding hydrogens is 266 g/mol. The molecule has 1 fully saturated rings. The van der Waals surface area contributed by atoms with E-state index >= 15 is 0 Å². The van der Waals surface area contributed by atoms with Crippen molar-refractivity contribution in [3.05, 3.63) is 12.7 Å². The standard InChI is InChI=1S/C13H23N3O2.ClH/c1-3-13(18)16-10-8-15(9-11-16)7-5-6-12(17)14-4-2;/h3H,1,4-11H2,2H3,(H,14,17);1H. The Morgan fingerprint density at radius 3 is 2.42 bits per heavy atom. The summed E-state index contributed by atoms with van der Waals surface area (Å²) < 4.78 is 0. The van der Waals surface area contributed by atoms with Crippen molar-refractivity contribution < 1.29 is 9.59 Å². The number of hydrogen-bond donors (Lipinski definition) is 1. The number of carbonyl (C=O) groups is 2. The van der Waals surface area contributed by atoms with E-state index in [-0.39, 0.29) is 24.2 Å². The van der Waals surface area contributed by atoms with Gasteiger partial charge in [0.05, 0.1) is 0 Å². The summed E-state index contributed by atoms with van der Waals surface area (Å²) in [5.41, 5.74) is 0. The maximum Gasteiger partial charge on any atom is 0.246 e. The molecule has 6 heteroatoms. The minimum atomic E-state index is 0. The zero-order chi connectivity index (χ0) is 13.4. The van der Waals surface area contributed by atoms with Gasteiger partial charge in [-0.15, -0.1) is 12.4 Å². The Morgan fingerprint density at radius 1 is 1.26 bits per heavy atom. The number of halogens is 1. The molecule has 0 aromatic heterocycles. The van der Waals surface area contributed by atoms with Crippen LogP contribution in [0.3, 0.4) is 0 Å². The third-order valence-electron chi connectivity index (χ3n) is 3.11. The lowest BCUT2D eigenvalue weighted by Gasteiger charge is -2.34. The molecular formula is C13H24ClN3O2. The smallest absolute Gasteiger partial charge is 0.246 e. The molecule has 0 bridgehead atoms. The van der Waals surface area contributed by atoms with E-state index in [0.717, 1.165) is 39.1 Å². The highest BCUT2D eigenvalue weighted by atomic mass is 35.5. The number of carbonyl (C=O) groups excluding carboxylic acids is 2. The van der Waals surface area contributed by atoms with Crippen molar-refractivity contribution in [2.24, 2.45) is 0 Å². The molecule has 0 aliphatic carbocycles. The van der Waals surface area contributed by atoms with Gasteiger partial charge in [0.15, 0.2) is 0 Å². The highest BCUT2D eigenvalue weighted by Crippen LogP contribution is 2.04. The fraction of sp³-hybridized carbons (Fsp3) is 0.692. The van der Waals surface area contributed by atoms with Crippen molar-refractivity contribution in [2.45, 2.75) is 19.8 Å². The highest BCUT2D eigenvalue weighted by Gasteiger charge is 2.18. The van der Waals surface area contributed by atoms with Crippen LogP contribution in [0.1, 0.15) is 19.8 Å². The monoisotopic (exact) mass is 289 g/mol. The first-order valence-corrected chi connectivity index (χ1v) is 6.57. The fourth-order valence-electron chi connectivity index (χ4n) is 2.07. The lowest BCUT2D eigenvalue weighted by atomic mass is 10.2. The maximum atomic E-state index is 11.4. The molecule has 0 aromatic rings. The number of amides is 2. The van der Waals surface area contributed by atoms with Gasteiger partial charge in [0, 0.05) is 39.1 Å². The molecule has 1 rings (SSSR count).